The first-order valence-corrected chi connectivity index (χ1v) is 13.9. The lowest BCUT2D eigenvalue weighted by atomic mass is 9.86. The van der Waals surface area contributed by atoms with Crippen LogP contribution in [0.15, 0.2) is 0 Å². The Hall–Kier alpha value is -1.22. The van der Waals surface area contributed by atoms with Gasteiger partial charge in [-0.1, -0.05) is 25.7 Å². The molecule has 36 heavy (non-hydrogen) atoms. The van der Waals surface area contributed by atoms with Crippen molar-refractivity contribution in [2.75, 3.05) is 27.3 Å². The lowest BCUT2D eigenvalue weighted by Gasteiger charge is -2.38. The highest BCUT2D eigenvalue weighted by molar-refractivity contribution is 5.81. The van der Waals surface area contributed by atoms with Crippen LogP contribution in [0.5, 0.6) is 0 Å². The maximum atomic E-state index is 12.8. The number of hydrogen-bond donors (Lipinski definition) is 2. The molecule has 2 saturated heterocycles. The second-order valence-corrected chi connectivity index (χ2v) is 13.1. The Kier molecular flexibility index (Phi) is 10.4. The molecule has 8 nitrogen and oxygen atoms in total. The van der Waals surface area contributed by atoms with Gasteiger partial charge in [0, 0.05) is 24.2 Å². The first kappa shape index (κ1) is 31.0. The monoisotopic (exact) mass is 510 g/mol. The van der Waals surface area contributed by atoms with E-state index in [0.29, 0.717) is 0 Å². The molecule has 2 N–H and O–H groups in total. The number of hydrogen-bond acceptors (Lipinski definition) is 6. The van der Waals surface area contributed by atoms with Gasteiger partial charge < -0.3 is 20.3 Å². The van der Waals surface area contributed by atoms with Crippen molar-refractivity contribution in [3.05, 3.63) is 0 Å². The minimum Gasteiger partial charge on any atom is -0.356 e. The summed E-state index contributed by atoms with van der Waals surface area (Å²) in [6.45, 7) is 18.3. The molecule has 2 amide bonds. The van der Waals surface area contributed by atoms with Crippen LogP contribution in [0.2, 0.25) is 0 Å². The highest BCUT2D eigenvalue weighted by Gasteiger charge is 2.56. The highest BCUT2D eigenvalue weighted by atomic mass is 16.7. The average molecular weight is 511 g/mol. The van der Waals surface area contributed by atoms with E-state index in [2.05, 4.69) is 66.0 Å². The second kappa shape index (κ2) is 12.1. The van der Waals surface area contributed by atoms with Gasteiger partial charge in [0.25, 0.3) is 0 Å². The molecule has 0 aromatic heterocycles. The number of rotatable bonds is 13. The Labute approximate surface area is 220 Å². The van der Waals surface area contributed by atoms with Gasteiger partial charge in [0.2, 0.25) is 11.8 Å². The number of amides is 2. The summed E-state index contributed by atoms with van der Waals surface area (Å²) in [5.41, 5.74) is -0.975. The molecule has 0 aromatic carbocycles. The zero-order valence-corrected chi connectivity index (χ0v) is 24.8. The van der Waals surface area contributed by atoms with Crippen molar-refractivity contribution < 1.29 is 19.3 Å². The molecule has 0 spiro atoms. The molecular weight excluding hydrogens is 456 g/mol. The molecular formula is C28H54N4O4. The van der Waals surface area contributed by atoms with Gasteiger partial charge in [-0.05, 0) is 81.1 Å². The largest absolute Gasteiger partial charge is 0.356 e. The van der Waals surface area contributed by atoms with Gasteiger partial charge in [-0.2, -0.15) is 10.1 Å². The van der Waals surface area contributed by atoms with Crippen LogP contribution in [0.25, 0.3) is 0 Å². The van der Waals surface area contributed by atoms with Crippen LogP contribution in [-0.2, 0) is 19.3 Å². The SMILES string of the molecule is CON1C(C)(C)CC(C(=O)NCCCCCCCCNC(=O)C2CC(C)(C)N(OC)C2(C)C)C1(C)C. The van der Waals surface area contributed by atoms with Crippen LogP contribution in [0.4, 0.5) is 0 Å². The van der Waals surface area contributed by atoms with E-state index in [1.807, 2.05) is 10.1 Å². The first-order valence-electron chi connectivity index (χ1n) is 13.9. The maximum absolute atomic E-state index is 12.8. The molecule has 8 heteroatoms. The highest BCUT2D eigenvalue weighted by Crippen LogP contribution is 2.46. The van der Waals surface area contributed by atoms with Crippen LogP contribution in [0.3, 0.4) is 0 Å². The fourth-order valence-corrected chi connectivity index (χ4v) is 6.93. The Morgan fingerprint density at radius 2 is 0.944 bits per heavy atom. The van der Waals surface area contributed by atoms with Crippen molar-refractivity contribution >= 4 is 11.8 Å². The number of hydroxylamine groups is 4. The number of nitrogens with one attached hydrogen (secondary N) is 2. The van der Waals surface area contributed by atoms with Crippen molar-refractivity contribution in [2.45, 2.75) is 129 Å². The zero-order chi connectivity index (χ0) is 27.4. The molecule has 0 aromatic rings. The van der Waals surface area contributed by atoms with Crippen LogP contribution in [-0.4, -0.2) is 71.4 Å². The summed E-state index contributed by atoms with van der Waals surface area (Å²) < 4.78 is 0. The predicted octanol–water partition coefficient (Wildman–Crippen LogP) is 4.44. The molecule has 0 saturated carbocycles. The Morgan fingerprint density at radius 1 is 0.639 bits per heavy atom. The van der Waals surface area contributed by atoms with E-state index in [9.17, 15) is 9.59 Å². The minimum absolute atomic E-state index is 0.0823. The molecule has 2 aliphatic rings. The summed E-state index contributed by atoms with van der Waals surface area (Å²) in [4.78, 5) is 36.9. The van der Waals surface area contributed by atoms with E-state index in [0.717, 1.165) is 64.5 Å². The van der Waals surface area contributed by atoms with E-state index < -0.39 is 0 Å². The van der Waals surface area contributed by atoms with Crippen molar-refractivity contribution in [1.82, 2.24) is 20.8 Å². The van der Waals surface area contributed by atoms with Crippen LogP contribution in [0.1, 0.15) is 107 Å². The molecule has 2 heterocycles. The van der Waals surface area contributed by atoms with Gasteiger partial charge in [-0.25, -0.2) is 0 Å². The summed E-state index contributed by atoms with van der Waals surface area (Å²) in [6, 6.07) is 0. The van der Waals surface area contributed by atoms with Gasteiger partial charge in [-0.3, -0.25) is 9.59 Å². The third-order valence-corrected chi connectivity index (χ3v) is 8.46. The number of unbranched alkanes of at least 4 members (excludes halogenated alkanes) is 5. The molecule has 0 radical (unpaired) electrons. The van der Waals surface area contributed by atoms with E-state index in [1.165, 1.54) is 0 Å². The molecule has 2 rings (SSSR count). The summed E-state index contributed by atoms with van der Waals surface area (Å²) >= 11 is 0. The van der Waals surface area contributed by atoms with Gasteiger partial charge in [0.1, 0.15) is 0 Å². The summed E-state index contributed by atoms with van der Waals surface area (Å²) in [5, 5.41) is 10.2. The minimum atomic E-state index is -0.329. The smallest absolute Gasteiger partial charge is 0.225 e. The Morgan fingerprint density at radius 3 is 1.22 bits per heavy atom. The van der Waals surface area contributed by atoms with Crippen LogP contribution >= 0.6 is 0 Å². The molecule has 0 bridgehead atoms. The fraction of sp³-hybridized carbons (Fsp3) is 0.929. The van der Waals surface area contributed by atoms with E-state index >= 15 is 0 Å². The van der Waals surface area contributed by atoms with Crippen LogP contribution in [0, 0.1) is 11.8 Å². The topological polar surface area (TPSA) is 83.1 Å². The lowest BCUT2D eigenvalue weighted by Crippen LogP contribution is -2.51. The zero-order valence-electron chi connectivity index (χ0n) is 24.8. The van der Waals surface area contributed by atoms with Crippen molar-refractivity contribution in [2.24, 2.45) is 11.8 Å². The van der Waals surface area contributed by atoms with Gasteiger partial charge in [-0.15, -0.1) is 0 Å². The Bertz CT molecular complexity index is 688. The van der Waals surface area contributed by atoms with E-state index in [-0.39, 0.29) is 45.8 Å². The molecule has 2 atom stereocenters. The van der Waals surface area contributed by atoms with Crippen molar-refractivity contribution in [3.8, 4) is 0 Å². The average Bonchev–Trinajstić information content (AvgIpc) is 3.08. The molecule has 0 aliphatic carbocycles. The normalized spacial score (nSPS) is 26.7. The number of carbonyl (C=O) groups excluding carboxylic acids is 2. The summed E-state index contributed by atoms with van der Waals surface area (Å²) in [5.74, 6) is 0.0962. The molecule has 2 unspecified atom stereocenters. The first-order chi connectivity index (χ1) is 16.6. The third-order valence-electron chi connectivity index (χ3n) is 8.46. The molecule has 2 fully saturated rings. The molecule has 210 valence electrons. The molecule has 2 aliphatic heterocycles. The van der Waals surface area contributed by atoms with Gasteiger partial charge in [0.15, 0.2) is 0 Å². The fourth-order valence-electron chi connectivity index (χ4n) is 6.93. The lowest BCUT2D eigenvalue weighted by molar-refractivity contribution is -0.223. The van der Waals surface area contributed by atoms with Crippen molar-refractivity contribution in [3.63, 3.8) is 0 Å². The van der Waals surface area contributed by atoms with Crippen LogP contribution < -0.4 is 10.6 Å². The van der Waals surface area contributed by atoms with Gasteiger partial charge in [0.05, 0.1) is 37.1 Å². The third kappa shape index (κ3) is 6.80. The Balaban J connectivity index is 1.57. The second-order valence-electron chi connectivity index (χ2n) is 13.1. The number of nitrogens with zero attached hydrogens (tertiary/aromatic N) is 2. The van der Waals surface area contributed by atoms with E-state index in [4.69, 9.17) is 9.68 Å². The van der Waals surface area contributed by atoms with Gasteiger partial charge >= 0.3 is 0 Å². The summed E-state index contributed by atoms with van der Waals surface area (Å²) in [7, 11) is 3.37. The summed E-state index contributed by atoms with van der Waals surface area (Å²) in [6.07, 6.45) is 8.08. The van der Waals surface area contributed by atoms with E-state index in [1.54, 1.807) is 14.2 Å². The maximum Gasteiger partial charge on any atom is 0.225 e. The van der Waals surface area contributed by atoms with Crippen molar-refractivity contribution in [1.29, 1.82) is 0 Å². The quantitative estimate of drug-likeness (QED) is 0.357. The number of carbonyl (C=O) groups is 2. The predicted molar refractivity (Wildman–Crippen MR) is 144 cm³/mol. The standard InChI is InChI=1S/C28H54N4O4/c1-25(2)19-21(27(5,6)31(25)35-9)23(33)29-17-15-13-11-12-14-16-18-30-24(34)22-20-26(3,4)32(36-10)28(22,7)8/h21-22H,11-20H2,1-10H3,(H,29,33)(H,30,34).